The van der Waals surface area contributed by atoms with Gasteiger partial charge in [0, 0.05) is 12.1 Å². The van der Waals surface area contributed by atoms with Crippen LogP contribution < -0.4 is 15.3 Å². The Morgan fingerprint density at radius 2 is 1.78 bits per heavy atom. The zero-order chi connectivity index (χ0) is 17.7. The predicted octanol–water partition coefficient (Wildman–Crippen LogP) is 2.40. The highest BCUT2D eigenvalue weighted by molar-refractivity contribution is 5.94. The summed E-state index contributed by atoms with van der Waals surface area (Å²) in [5.74, 6) is -0.656. The van der Waals surface area contributed by atoms with Crippen LogP contribution in [0.5, 0.6) is 0 Å². The largest absolute Gasteiger partial charge is 0.338 e. The van der Waals surface area contributed by atoms with E-state index in [4.69, 9.17) is 0 Å². The predicted molar refractivity (Wildman–Crippen MR) is 95.4 cm³/mol. The van der Waals surface area contributed by atoms with Gasteiger partial charge in [-0.3, -0.25) is 9.59 Å². The van der Waals surface area contributed by atoms with Gasteiger partial charge in [-0.2, -0.15) is 10.0 Å². The molecule has 1 rings (SSSR count). The van der Waals surface area contributed by atoms with Crippen LogP contribution >= 0.6 is 0 Å². The summed E-state index contributed by atoms with van der Waals surface area (Å²) in [5.41, 5.74) is 3.91. The Hall–Kier alpha value is -2.40. The highest BCUT2D eigenvalue weighted by Gasteiger charge is 2.35. The van der Waals surface area contributed by atoms with Crippen molar-refractivity contribution in [2.45, 2.75) is 26.3 Å². The fourth-order valence-corrected chi connectivity index (χ4v) is 2.05. The first-order valence-electron chi connectivity index (χ1n) is 7.54. The Morgan fingerprint density at radius 1 is 1.22 bits per heavy atom. The zero-order valence-electron chi connectivity index (χ0n) is 14.3. The lowest BCUT2D eigenvalue weighted by Gasteiger charge is -2.35. The minimum absolute atomic E-state index is 0.226. The summed E-state index contributed by atoms with van der Waals surface area (Å²) in [4.78, 5) is 24.1. The van der Waals surface area contributed by atoms with Crippen molar-refractivity contribution in [2.75, 3.05) is 13.6 Å². The molecule has 0 radical (unpaired) electrons. The molecule has 2 N–H and O–H groups in total. The van der Waals surface area contributed by atoms with Crippen molar-refractivity contribution in [1.29, 1.82) is 0 Å². The zero-order valence-corrected chi connectivity index (χ0v) is 14.3. The van der Waals surface area contributed by atoms with Gasteiger partial charge in [-0.05, 0) is 44.5 Å². The molecule has 0 saturated heterocycles. The molecule has 124 valence electrons. The quantitative estimate of drug-likeness (QED) is 0.461. The van der Waals surface area contributed by atoms with Crippen molar-refractivity contribution in [2.24, 2.45) is 0 Å². The van der Waals surface area contributed by atoms with E-state index in [1.807, 2.05) is 38.2 Å². The molecule has 0 heterocycles. The van der Waals surface area contributed by atoms with Gasteiger partial charge in [0.2, 0.25) is 5.91 Å². The van der Waals surface area contributed by atoms with Crippen LogP contribution in [0.1, 0.15) is 26.3 Å². The highest BCUT2D eigenvalue weighted by Crippen LogP contribution is 2.20. The van der Waals surface area contributed by atoms with Crippen LogP contribution in [0.15, 0.2) is 43.5 Å². The van der Waals surface area contributed by atoms with E-state index in [2.05, 4.69) is 23.9 Å². The van der Waals surface area contributed by atoms with Gasteiger partial charge in [0.15, 0.2) is 5.69 Å². The van der Waals surface area contributed by atoms with E-state index in [0.29, 0.717) is 6.54 Å². The normalized spacial score (nSPS) is 13.6. The first-order valence-corrected chi connectivity index (χ1v) is 7.54. The standard InChI is InChI=1S/C18H25N3O2/c1-7-14-10-12-15(13-11-14)21(6,9-3)20-17(23)18(4,5)19-16(22)8-2/h7-8,10-13H,1-2,9H2,3-6H3,(H-,19,20,22,23)/p+1/t21-/m0/s1. The van der Waals surface area contributed by atoms with Crippen LogP contribution in [0, 0.1) is 0 Å². The first-order chi connectivity index (χ1) is 10.7. The molecule has 0 bridgehead atoms. The third-order valence-corrected chi connectivity index (χ3v) is 3.87. The van der Waals surface area contributed by atoms with Gasteiger partial charge in [0.05, 0.1) is 7.05 Å². The van der Waals surface area contributed by atoms with E-state index in [-0.39, 0.29) is 16.4 Å². The molecule has 0 aliphatic heterocycles. The molecular formula is C18H26N3O2+. The minimum atomic E-state index is -1.04. The van der Waals surface area contributed by atoms with Gasteiger partial charge in [0.25, 0.3) is 5.91 Å². The monoisotopic (exact) mass is 316 g/mol. The molecule has 1 aromatic carbocycles. The average Bonchev–Trinajstić information content (AvgIpc) is 2.54. The van der Waals surface area contributed by atoms with E-state index >= 15 is 0 Å². The maximum Gasteiger partial charge on any atom is 0.290 e. The molecule has 0 saturated carbocycles. The molecule has 23 heavy (non-hydrogen) atoms. The molecule has 0 aliphatic rings. The Morgan fingerprint density at radius 3 is 2.22 bits per heavy atom. The van der Waals surface area contributed by atoms with Crippen LogP contribution in [0.3, 0.4) is 0 Å². The number of carbonyl (C=O) groups is 2. The lowest BCUT2D eigenvalue weighted by Crippen LogP contribution is -2.65. The van der Waals surface area contributed by atoms with Gasteiger partial charge in [-0.25, -0.2) is 0 Å². The second-order valence-corrected chi connectivity index (χ2v) is 6.06. The Labute approximate surface area is 138 Å². The van der Waals surface area contributed by atoms with E-state index < -0.39 is 5.54 Å². The average molecular weight is 316 g/mol. The van der Waals surface area contributed by atoms with Gasteiger partial charge in [0.1, 0.15) is 12.1 Å². The maximum atomic E-state index is 12.6. The molecule has 0 aromatic heterocycles. The molecule has 1 aromatic rings. The fourth-order valence-electron chi connectivity index (χ4n) is 2.05. The van der Waals surface area contributed by atoms with E-state index in [9.17, 15) is 9.59 Å². The van der Waals surface area contributed by atoms with Crippen molar-refractivity contribution in [3.8, 4) is 0 Å². The second-order valence-electron chi connectivity index (χ2n) is 6.06. The van der Waals surface area contributed by atoms with Gasteiger partial charge in [-0.15, -0.1) is 0 Å². The smallest absolute Gasteiger partial charge is 0.290 e. The molecule has 0 unspecified atom stereocenters. The number of nitrogens with one attached hydrogen (secondary N) is 2. The number of nitrogens with zero attached hydrogens (tertiary/aromatic N) is 1. The number of hydrogen-bond donors (Lipinski definition) is 2. The minimum Gasteiger partial charge on any atom is -0.338 e. The van der Waals surface area contributed by atoms with Crippen molar-refractivity contribution < 1.29 is 9.59 Å². The number of amides is 2. The number of benzene rings is 1. The van der Waals surface area contributed by atoms with Crippen molar-refractivity contribution in [3.63, 3.8) is 0 Å². The first kappa shape index (κ1) is 18.6. The topological polar surface area (TPSA) is 58.2 Å². The summed E-state index contributed by atoms with van der Waals surface area (Å²) in [6.45, 7) is 13.1. The van der Waals surface area contributed by atoms with Crippen molar-refractivity contribution in [1.82, 2.24) is 15.3 Å². The number of carbonyl (C=O) groups excluding carboxylic acids is 2. The third kappa shape index (κ3) is 4.53. The Bertz CT molecular complexity index is 605. The summed E-state index contributed by atoms with van der Waals surface area (Å²) < 4.78 is 0.226. The summed E-state index contributed by atoms with van der Waals surface area (Å²) in [6, 6.07) is 7.81. The molecular weight excluding hydrogens is 290 g/mol. The highest BCUT2D eigenvalue weighted by atomic mass is 16.2. The lowest BCUT2D eigenvalue weighted by atomic mass is 10.0. The van der Waals surface area contributed by atoms with Gasteiger partial charge < -0.3 is 5.32 Å². The summed E-state index contributed by atoms with van der Waals surface area (Å²) in [5, 5.41) is 2.63. The van der Waals surface area contributed by atoms with Crippen molar-refractivity contribution >= 4 is 23.6 Å². The van der Waals surface area contributed by atoms with E-state index in [1.54, 1.807) is 19.9 Å². The third-order valence-electron chi connectivity index (χ3n) is 3.87. The van der Waals surface area contributed by atoms with Crippen LogP contribution in [-0.4, -0.2) is 30.9 Å². The van der Waals surface area contributed by atoms with Crippen LogP contribution in [0.4, 0.5) is 5.69 Å². The Kier molecular flexibility index (Phi) is 5.87. The number of hydrogen-bond acceptors (Lipinski definition) is 2. The number of rotatable bonds is 7. The molecule has 2 amide bonds. The molecule has 0 fully saturated rings. The lowest BCUT2D eigenvalue weighted by molar-refractivity contribution is -0.133. The summed E-state index contributed by atoms with van der Waals surface area (Å²) in [7, 11) is 1.91. The summed E-state index contributed by atoms with van der Waals surface area (Å²) in [6.07, 6.45) is 2.92. The molecule has 1 atom stereocenters. The SMILES string of the molecule is C=CC(=O)NC(C)(C)C(=O)N[N@@+](C)(CC)c1ccc(C=C)cc1. The molecule has 5 nitrogen and oxygen atoms in total. The van der Waals surface area contributed by atoms with Crippen LogP contribution in [-0.2, 0) is 9.59 Å². The number of quaternary nitrogens is 1. The van der Waals surface area contributed by atoms with Gasteiger partial charge >= 0.3 is 0 Å². The van der Waals surface area contributed by atoms with E-state index in [0.717, 1.165) is 17.3 Å². The van der Waals surface area contributed by atoms with Crippen LogP contribution in [0.2, 0.25) is 0 Å². The summed E-state index contributed by atoms with van der Waals surface area (Å²) >= 11 is 0. The second kappa shape index (κ2) is 7.24. The fraction of sp³-hybridized carbons (Fsp3) is 0.333. The van der Waals surface area contributed by atoms with Crippen molar-refractivity contribution in [3.05, 3.63) is 49.1 Å². The van der Waals surface area contributed by atoms with E-state index in [1.165, 1.54) is 0 Å². The Balaban J connectivity index is 3.00. The molecule has 5 heteroatoms. The van der Waals surface area contributed by atoms with Crippen LogP contribution in [0.25, 0.3) is 6.08 Å². The maximum absolute atomic E-state index is 12.6. The molecule has 0 aliphatic carbocycles. The van der Waals surface area contributed by atoms with Gasteiger partial charge in [-0.1, -0.05) is 19.2 Å². The molecule has 0 spiro atoms.